The molecule has 1 unspecified atom stereocenters. The molecule has 1 amide bonds. The molecule has 18 heavy (non-hydrogen) atoms. The highest BCUT2D eigenvalue weighted by Crippen LogP contribution is 2.29. The van der Waals surface area contributed by atoms with E-state index in [1.165, 1.54) is 17.7 Å². The van der Waals surface area contributed by atoms with Gasteiger partial charge in [0.2, 0.25) is 5.91 Å². The first-order valence-electron chi connectivity index (χ1n) is 6.83. The molecule has 0 aliphatic carbocycles. The molecule has 1 N–H and O–H groups in total. The SMILES string of the molecule is CCC(=O)NCCN1c2ccccc2CCC1C. The van der Waals surface area contributed by atoms with Crippen LogP contribution in [0.15, 0.2) is 24.3 Å². The number of aryl methyl sites for hydroxylation is 1. The van der Waals surface area contributed by atoms with Crippen LogP contribution in [0.2, 0.25) is 0 Å². The Morgan fingerprint density at radius 3 is 3.00 bits per heavy atom. The molecule has 0 radical (unpaired) electrons. The maximum absolute atomic E-state index is 11.3. The van der Waals surface area contributed by atoms with Gasteiger partial charge < -0.3 is 10.2 Å². The summed E-state index contributed by atoms with van der Waals surface area (Å²) in [7, 11) is 0. The fraction of sp³-hybridized carbons (Fsp3) is 0.533. The van der Waals surface area contributed by atoms with E-state index in [4.69, 9.17) is 0 Å². The molecule has 1 heterocycles. The van der Waals surface area contributed by atoms with Crippen molar-refractivity contribution in [3.05, 3.63) is 29.8 Å². The van der Waals surface area contributed by atoms with Crippen molar-refractivity contribution in [1.29, 1.82) is 0 Å². The number of amides is 1. The van der Waals surface area contributed by atoms with Gasteiger partial charge in [-0.1, -0.05) is 25.1 Å². The number of fused-ring (bicyclic) bond motifs is 1. The van der Waals surface area contributed by atoms with Crippen LogP contribution in [0, 0.1) is 0 Å². The minimum absolute atomic E-state index is 0.132. The Morgan fingerprint density at radius 2 is 2.22 bits per heavy atom. The largest absolute Gasteiger partial charge is 0.367 e. The molecule has 98 valence electrons. The molecule has 2 rings (SSSR count). The summed E-state index contributed by atoms with van der Waals surface area (Å²) in [5.41, 5.74) is 2.76. The summed E-state index contributed by atoms with van der Waals surface area (Å²) < 4.78 is 0. The van der Waals surface area contributed by atoms with Gasteiger partial charge >= 0.3 is 0 Å². The van der Waals surface area contributed by atoms with Gasteiger partial charge in [0.15, 0.2) is 0 Å². The number of carbonyl (C=O) groups is 1. The lowest BCUT2D eigenvalue weighted by Gasteiger charge is -2.37. The molecule has 3 heteroatoms. The minimum Gasteiger partial charge on any atom is -0.367 e. The van der Waals surface area contributed by atoms with E-state index in [9.17, 15) is 4.79 Å². The molecule has 0 bridgehead atoms. The van der Waals surface area contributed by atoms with E-state index in [1.807, 2.05) is 6.92 Å². The Morgan fingerprint density at radius 1 is 1.44 bits per heavy atom. The molecular formula is C15H22N2O. The van der Waals surface area contributed by atoms with Crippen molar-refractivity contribution in [1.82, 2.24) is 5.32 Å². The van der Waals surface area contributed by atoms with E-state index in [1.54, 1.807) is 0 Å². The highest BCUT2D eigenvalue weighted by Gasteiger charge is 2.21. The van der Waals surface area contributed by atoms with Crippen molar-refractivity contribution in [2.24, 2.45) is 0 Å². The second-order valence-corrected chi connectivity index (χ2v) is 4.91. The molecule has 0 spiro atoms. The number of rotatable bonds is 4. The average molecular weight is 246 g/mol. The number of hydrogen-bond acceptors (Lipinski definition) is 2. The van der Waals surface area contributed by atoms with E-state index in [0.29, 0.717) is 12.5 Å². The van der Waals surface area contributed by atoms with E-state index in [-0.39, 0.29) is 5.91 Å². The molecular weight excluding hydrogens is 224 g/mol. The first kappa shape index (κ1) is 12.9. The first-order valence-corrected chi connectivity index (χ1v) is 6.83. The summed E-state index contributed by atoms with van der Waals surface area (Å²) in [6.45, 7) is 5.76. The average Bonchev–Trinajstić information content (AvgIpc) is 2.41. The highest BCUT2D eigenvalue weighted by atomic mass is 16.1. The van der Waals surface area contributed by atoms with Gasteiger partial charge in [-0.25, -0.2) is 0 Å². The summed E-state index contributed by atoms with van der Waals surface area (Å²) in [6.07, 6.45) is 2.92. The maximum Gasteiger partial charge on any atom is 0.219 e. The lowest BCUT2D eigenvalue weighted by Crippen LogP contribution is -2.42. The predicted molar refractivity (Wildman–Crippen MR) is 74.9 cm³/mol. The Bertz CT molecular complexity index is 417. The third-order valence-corrected chi connectivity index (χ3v) is 3.66. The van der Waals surface area contributed by atoms with E-state index < -0.39 is 0 Å². The smallest absolute Gasteiger partial charge is 0.219 e. The third-order valence-electron chi connectivity index (χ3n) is 3.66. The third kappa shape index (κ3) is 2.84. The van der Waals surface area contributed by atoms with Crippen molar-refractivity contribution >= 4 is 11.6 Å². The van der Waals surface area contributed by atoms with Crippen LogP contribution in [0.5, 0.6) is 0 Å². The zero-order valence-electron chi connectivity index (χ0n) is 11.3. The molecule has 1 atom stereocenters. The van der Waals surface area contributed by atoms with E-state index >= 15 is 0 Å². The number of benzene rings is 1. The Balaban J connectivity index is 2.01. The number of nitrogens with one attached hydrogen (secondary N) is 1. The first-order chi connectivity index (χ1) is 8.72. The van der Waals surface area contributed by atoms with Crippen molar-refractivity contribution in [2.45, 2.75) is 39.2 Å². The van der Waals surface area contributed by atoms with E-state index in [0.717, 1.165) is 19.5 Å². The fourth-order valence-electron chi connectivity index (χ4n) is 2.54. The van der Waals surface area contributed by atoms with Gasteiger partial charge in [0.1, 0.15) is 0 Å². The summed E-state index contributed by atoms with van der Waals surface area (Å²) in [5.74, 6) is 0.132. The Kier molecular flexibility index (Phi) is 4.24. The van der Waals surface area contributed by atoms with Crippen LogP contribution >= 0.6 is 0 Å². The summed E-state index contributed by atoms with van der Waals surface area (Å²) in [5, 5.41) is 2.95. The topological polar surface area (TPSA) is 32.3 Å². The molecule has 0 saturated heterocycles. The number of para-hydroxylation sites is 1. The van der Waals surface area contributed by atoms with Crippen LogP contribution in [0.3, 0.4) is 0 Å². The van der Waals surface area contributed by atoms with E-state index in [2.05, 4.69) is 41.4 Å². The van der Waals surface area contributed by atoms with Gasteiger partial charge in [-0.15, -0.1) is 0 Å². The van der Waals surface area contributed by atoms with Crippen LogP contribution < -0.4 is 10.2 Å². The molecule has 1 aliphatic rings. The van der Waals surface area contributed by atoms with Crippen LogP contribution in [0.4, 0.5) is 5.69 Å². The van der Waals surface area contributed by atoms with Crippen molar-refractivity contribution in [2.75, 3.05) is 18.0 Å². The number of anilines is 1. The molecule has 1 aromatic rings. The van der Waals surface area contributed by atoms with Gasteiger partial charge in [0.25, 0.3) is 0 Å². The molecule has 1 aromatic carbocycles. The van der Waals surface area contributed by atoms with Crippen LogP contribution in [0.25, 0.3) is 0 Å². The zero-order valence-corrected chi connectivity index (χ0v) is 11.3. The molecule has 0 aromatic heterocycles. The summed E-state index contributed by atoms with van der Waals surface area (Å²) in [4.78, 5) is 13.7. The monoisotopic (exact) mass is 246 g/mol. The highest BCUT2D eigenvalue weighted by molar-refractivity contribution is 5.75. The number of carbonyl (C=O) groups excluding carboxylic acids is 1. The summed E-state index contributed by atoms with van der Waals surface area (Å²) >= 11 is 0. The Hall–Kier alpha value is -1.51. The second kappa shape index (κ2) is 5.89. The lowest BCUT2D eigenvalue weighted by atomic mass is 9.97. The predicted octanol–water partition coefficient (Wildman–Crippen LogP) is 2.35. The maximum atomic E-state index is 11.3. The molecule has 1 aliphatic heterocycles. The van der Waals surface area contributed by atoms with Crippen LogP contribution in [-0.2, 0) is 11.2 Å². The lowest BCUT2D eigenvalue weighted by molar-refractivity contribution is -0.120. The molecule has 0 fully saturated rings. The van der Waals surface area contributed by atoms with Gasteiger partial charge in [0, 0.05) is 31.2 Å². The van der Waals surface area contributed by atoms with Crippen molar-refractivity contribution < 1.29 is 4.79 Å². The number of hydrogen-bond donors (Lipinski definition) is 1. The summed E-state index contributed by atoms with van der Waals surface area (Å²) in [6, 6.07) is 9.14. The van der Waals surface area contributed by atoms with Gasteiger partial charge in [0.05, 0.1) is 0 Å². The quantitative estimate of drug-likeness (QED) is 0.884. The molecule has 0 saturated carbocycles. The van der Waals surface area contributed by atoms with Gasteiger partial charge in [-0.2, -0.15) is 0 Å². The normalized spacial score (nSPS) is 18.3. The number of nitrogens with zero attached hydrogens (tertiary/aromatic N) is 1. The van der Waals surface area contributed by atoms with Crippen LogP contribution in [0.1, 0.15) is 32.3 Å². The minimum atomic E-state index is 0.132. The van der Waals surface area contributed by atoms with Crippen LogP contribution in [-0.4, -0.2) is 25.0 Å². The van der Waals surface area contributed by atoms with Gasteiger partial charge in [-0.3, -0.25) is 4.79 Å². The van der Waals surface area contributed by atoms with Gasteiger partial charge in [-0.05, 0) is 31.4 Å². The molecule has 3 nitrogen and oxygen atoms in total. The van der Waals surface area contributed by atoms with Crippen molar-refractivity contribution in [3.63, 3.8) is 0 Å². The fourth-order valence-corrected chi connectivity index (χ4v) is 2.54. The second-order valence-electron chi connectivity index (χ2n) is 4.91. The van der Waals surface area contributed by atoms with Crippen molar-refractivity contribution in [3.8, 4) is 0 Å². The zero-order chi connectivity index (χ0) is 13.0. The Labute approximate surface area is 109 Å². The standard InChI is InChI=1S/C15H22N2O/c1-3-15(18)16-10-11-17-12(2)8-9-13-6-4-5-7-14(13)17/h4-7,12H,3,8-11H2,1-2H3,(H,16,18).